The van der Waals surface area contributed by atoms with Crippen LogP contribution in [0, 0.1) is 3.57 Å². The number of hydrogen-bond acceptors (Lipinski definition) is 3. The van der Waals surface area contributed by atoms with Crippen molar-refractivity contribution in [2.75, 3.05) is 14.2 Å². The fourth-order valence-electron chi connectivity index (χ4n) is 2.16. The van der Waals surface area contributed by atoms with Crippen molar-refractivity contribution in [3.63, 3.8) is 0 Å². The van der Waals surface area contributed by atoms with Crippen LogP contribution in [0.5, 0.6) is 11.5 Å². The number of carbonyl (C=O) groups is 1. The summed E-state index contributed by atoms with van der Waals surface area (Å²) in [5.41, 5.74) is -0.0381. The minimum atomic E-state index is -4.42. The van der Waals surface area contributed by atoms with E-state index in [-0.39, 0.29) is 6.54 Å². The summed E-state index contributed by atoms with van der Waals surface area (Å²) in [6.45, 7) is -0.0207. The molecule has 134 valence electrons. The standard InChI is InChI=1S/C17H15F3INO3/c1-24-14-7-12(13(21)8-15(14)25-2)16(23)22-9-10-4-3-5-11(6-10)17(18,19)20/h3-8H,9H2,1-2H3,(H,22,23). The molecule has 1 amide bonds. The molecule has 0 bridgehead atoms. The van der Waals surface area contributed by atoms with Gasteiger partial charge in [-0.25, -0.2) is 0 Å². The maximum absolute atomic E-state index is 12.7. The van der Waals surface area contributed by atoms with Crippen LogP contribution in [0.4, 0.5) is 13.2 Å². The number of rotatable bonds is 5. The highest BCUT2D eigenvalue weighted by atomic mass is 127. The Bertz CT molecular complexity index is 778. The number of hydrogen-bond donors (Lipinski definition) is 1. The van der Waals surface area contributed by atoms with Crippen LogP contribution in [0.1, 0.15) is 21.5 Å². The molecule has 25 heavy (non-hydrogen) atoms. The molecule has 0 fully saturated rings. The summed E-state index contributed by atoms with van der Waals surface area (Å²) in [6, 6.07) is 8.02. The summed E-state index contributed by atoms with van der Waals surface area (Å²) >= 11 is 1.98. The van der Waals surface area contributed by atoms with Crippen molar-refractivity contribution in [3.05, 3.63) is 56.7 Å². The Morgan fingerprint density at radius 1 is 1.12 bits per heavy atom. The number of carbonyl (C=O) groups excluding carboxylic acids is 1. The van der Waals surface area contributed by atoms with E-state index in [9.17, 15) is 18.0 Å². The highest BCUT2D eigenvalue weighted by Gasteiger charge is 2.30. The Kier molecular flexibility index (Phi) is 6.15. The van der Waals surface area contributed by atoms with Crippen molar-refractivity contribution in [1.29, 1.82) is 0 Å². The molecule has 8 heteroatoms. The van der Waals surface area contributed by atoms with Crippen LogP contribution in [-0.2, 0) is 12.7 Å². The van der Waals surface area contributed by atoms with E-state index in [1.807, 2.05) is 22.6 Å². The average Bonchev–Trinajstić information content (AvgIpc) is 2.58. The van der Waals surface area contributed by atoms with Crippen LogP contribution in [0.15, 0.2) is 36.4 Å². The number of alkyl halides is 3. The average molecular weight is 465 g/mol. The van der Waals surface area contributed by atoms with Gasteiger partial charge in [-0.3, -0.25) is 4.79 Å². The first kappa shape index (κ1) is 19.4. The van der Waals surface area contributed by atoms with Gasteiger partial charge in [0.25, 0.3) is 5.91 Å². The van der Waals surface area contributed by atoms with E-state index < -0.39 is 17.6 Å². The molecule has 0 aliphatic rings. The molecule has 0 heterocycles. The predicted octanol–water partition coefficient (Wildman–Crippen LogP) is 4.26. The van der Waals surface area contributed by atoms with E-state index in [0.29, 0.717) is 26.2 Å². The highest BCUT2D eigenvalue weighted by molar-refractivity contribution is 14.1. The number of nitrogens with one attached hydrogen (secondary N) is 1. The van der Waals surface area contributed by atoms with Crippen molar-refractivity contribution in [2.24, 2.45) is 0 Å². The smallest absolute Gasteiger partial charge is 0.416 e. The quantitative estimate of drug-likeness (QED) is 0.672. The summed E-state index contributed by atoms with van der Waals surface area (Å²) in [5.74, 6) is 0.469. The normalized spacial score (nSPS) is 11.1. The summed E-state index contributed by atoms with van der Waals surface area (Å²) in [4.78, 5) is 12.4. The first-order valence-electron chi connectivity index (χ1n) is 7.12. The van der Waals surface area contributed by atoms with E-state index >= 15 is 0 Å². The lowest BCUT2D eigenvalue weighted by molar-refractivity contribution is -0.137. The zero-order valence-corrected chi connectivity index (χ0v) is 15.6. The van der Waals surface area contributed by atoms with Crippen molar-refractivity contribution in [3.8, 4) is 11.5 Å². The van der Waals surface area contributed by atoms with E-state index in [1.165, 1.54) is 32.4 Å². The molecule has 0 radical (unpaired) electrons. The Morgan fingerprint density at radius 2 is 1.76 bits per heavy atom. The molecule has 2 aromatic carbocycles. The molecule has 0 atom stereocenters. The molecule has 0 unspecified atom stereocenters. The van der Waals surface area contributed by atoms with Gasteiger partial charge in [0.2, 0.25) is 0 Å². The van der Waals surface area contributed by atoms with Gasteiger partial charge in [0.15, 0.2) is 11.5 Å². The van der Waals surface area contributed by atoms with Gasteiger partial charge in [0, 0.05) is 10.1 Å². The number of methoxy groups -OCH3 is 2. The molecular weight excluding hydrogens is 450 g/mol. The lowest BCUT2D eigenvalue weighted by Gasteiger charge is -2.13. The minimum absolute atomic E-state index is 0.0207. The van der Waals surface area contributed by atoms with Crippen molar-refractivity contribution in [2.45, 2.75) is 12.7 Å². The fraction of sp³-hybridized carbons (Fsp3) is 0.235. The molecule has 1 N–H and O–H groups in total. The summed E-state index contributed by atoms with van der Waals surface area (Å²) in [6.07, 6.45) is -4.42. The van der Waals surface area contributed by atoms with E-state index in [1.54, 1.807) is 6.07 Å². The van der Waals surface area contributed by atoms with Crippen molar-refractivity contribution >= 4 is 28.5 Å². The van der Waals surface area contributed by atoms with Crippen LogP contribution in [-0.4, -0.2) is 20.1 Å². The summed E-state index contributed by atoms with van der Waals surface area (Å²) in [7, 11) is 2.94. The molecule has 0 aliphatic heterocycles. The summed E-state index contributed by atoms with van der Waals surface area (Å²) in [5, 5.41) is 2.62. The monoisotopic (exact) mass is 465 g/mol. The minimum Gasteiger partial charge on any atom is -0.493 e. The third-order valence-corrected chi connectivity index (χ3v) is 4.32. The Balaban J connectivity index is 2.16. The molecular formula is C17H15F3INO3. The lowest BCUT2D eigenvalue weighted by Crippen LogP contribution is -2.24. The Hall–Kier alpha value is -1.97. The topological polar surface area (TPSA) is 47.6 Å². The van der Waals surface area contributed by atoms with Crippen molar-refractivity contribution < 1.29 is 27.4 Å². The van der Waals surface area contributed by atoms with Crippen molar-refractivity contribution in [1.82, 2.24) is 5.32 Å². The zero-order chi connectivity index (χ0) is 18.6. The lowest BCUT2D eigenvalue weighted by atomic mass is 10.1. The number of ether oxygens (including phenoxy) is 2. The van der Waals surface area contributed by atoms with Gasteiger partial charge in [-0.2, -0.15) is 13.2 Å². The Labute approximate surface area is 156 Å². The number of halogens is 4. The van der Waals surface area contributed by atoms with Gasteiger partial charge in [-0.1, -0.05) is 12.1 Å². The van der Waals surface area contributed by atoms with Crippen LogP contribution in [0.25, 0.3) is 0 Å². The van der Waals surface area contributed by atoms with Crippen LogP contribution in [0.3, 0.4) is 0 Å². The molecule has 0 aliphatic carbocycles. The summed E-state index contributed by atoms with van der Waals surface area (Å²) < 4.78 is 49.1. The highest BCUT2D eigenvalue weighted by Crippen LogP contribution is 2.31. The van der Waals surface area contributed by atoms with Gasteiger partial charge in [-0.05, 0) is 52.4 Å². The Morgan fingerprint density at radius 3 is 2.36 bits per heavy atom. The second-order valence-electron chi connectivity index (χ2n) is 5.07. The van der Waals surface area contributed by atoms with Gasteiger partial charge >= 0.3 is 6.18 Å². The van der Waals surface area contributed by atoms with Crippen LogP contribution < -0.4 is 14.8 Å². The molecule has 0 aromatic heterocycles. The molecule has 0 saturated heterocycles. The molecule has 2 rings (SSSR count). The van der Waals surface area contributed by atoms with Gasteiger partial charge in [-0.15, -0.1) is 0 Å². The second kappa shape index (κ2) is 7.94. The van der Waals surface area contributed by atoms with Crippen LogP contribution >= 0.6 is 22.6 Å². The SMILES string of the molecule is COc1cc(I)c(C(=O)NCc2cccc(C(F)(F)F)c2)cc1OC. The first-order valence-corrected chi connectivity index (χ1v) is 8.20. The maximum atomic E-state index is 12.7. The largest absolute Gasteiger partial charge is 0.493 e. The van der Waals surface area contributed by atoms with E-state index in [2.05, 4.69) is 5.32 Å². The fourth-order valence-corrected chi connectivity index (χ4v) is 2.85. The zero-order valence-electron chi connectivity index (χ0n) is 13.4. The van der Waals surface area contributed by atoms with E-state index in [4.69, 9.17) is 9.47 Å². The molecule has 0 saturated carbocycles. The van der Waals surface area contributed by atoms with Gasteiger partial charge < -0.3 is 14.8 Å². The van der Waals surface area contributed by atoms with Gasteiger partial charge in [0.1, 0.15) is 0 Å². The molecule has 0 spiro atoms. The third kappa shape index (κ3) is 4.77. The number of benzene rings is 2. The van der Waals surface area contributed by atoms with Crippen LogP contribution in [0.2, 0.25) is 0 Å². The second-order valence-corrected chi connectivity index (χ2v) is 6.23. The first-order chi connectivity index (χ1) is 11.8. The molecule has 2 aromatic rings. The number of amides is 1. The van der Waals surface area contributed by atoms with Gasteiger partial charge in [0.05, 0.1) is 25.3 Å². The molecule has 4 nitrogen and oxygen atoms in total. The predicted molar refractivity (Wildman–Crippen MR) is 94.9 cm³/mol. The maximum Gasteiger partial charge on any atom is 0.416 e. The third-order valence-electron chi connectivity index (χ3n) is 3.43. The van der Waals surface area contributed by atoms with E-state index in [0.717, 1.165) is 12.1 Å².